The molecule has 3 rings (SSSR count). The van der Waals surface area contributed by atoms with Gasteiger partial charge in [0.25, 0.3) is 0 Å². The van der Waals surface area contributed by atoms with E-state index in [2.05, 4.69) is 10.1 Å². The Hall–Kier alpha value is -1.59. The molecule has 0 atom stereocenters. The molecule has 0 aliphatic carbocycles. The van der Waals surface area contributed by atoms with Gasteiger partial charge in [0, 0.05) is 25.7 Å². The maximum Gasteiger partial charge on any atom is 0.202 e. The number of furan rings is 1. The van der Waals surface area contributed by atoms with Crippen molar-refractivity contribution in [3.05, 3.63) is 30.2 Å². The predicted octanol–water partition coefficient (Wildman–Crippen LogP) is 1.77. The average Bonchev–Trinajstić information content (AvgIpc) is 3.00. The van der Waals surface area contributed by atoms with E-state index in [1.165, 1.54) is 0 Å². The number of aromatic nitrogens is 1. The van der Waals surface area contributed by atoms with Gasteiger partial charge in [-0.15, -0.1) is 0 Å². The summed E-state index contributed by atoms with van der Waals surface area (Å²) in [4.78, 5) is 2.30. The van der Waals surface area contributed by atoms with Crippen molar-refractivity contribution in [2.75, 3.05) is 26.3 Å². The van der Waals surface area contributed by atoms with Gasteiger partial charge >= 0.3 is 0 Å². The molecule has 1 fully saturated rings. The van der Waals surface area contributed by atoms with E-state index in [4.69, 9.17) is 13.7 Å². The summed E-state index contributed by atoms with van der Waals surface area (Å²) in [6.45, 7) is 4.28. The molecule has 1 saturated heterocycles. The topological polar surface area (TPSA) is 51.6 Å². The fraction of sp³-hybridized carbons (Fsp3) is 0.417. The minimum absolute atomic E-state index is 0.679. The lowest BCUT2D eigenvalue weighted by atomic mass is 10.3. The zero-order valence-electron chi connectivity index (χ0n) is 9.46. The van der Waals surface area contributed by atoms with E-state index < -0.39 is 0 Å². The van der Waals surface area contributed by atoms with Gasteiger partial charge in [-0.05, 0) is 12.1 Å². The van der Waals surface area contributed by atoms with Gasteiger partial charge in [-0.3, -0.25) is 4.90 Å². The highest BCUT2D eigenvalue weighted by atomic mass is 16.5. The first kappa shape index (κ1) is 10.6. The van der Waals surface area contributed by atoms with Crippen LogP contribution in [0.15, 0.2) is 33.4 Å². The third-order valence-electron chi connectivity index (χ3n) is 2.81. The third-order valence-corrected chi connectivity index (χ3v) is 2.81. The van der Waals surface area contributed by atoms with Crippen LogP contribution in [0.2, 0.25) is 0 Å². The van der Waals surface area contributed by atoms with Crippen LogP contribution in [0, 0.1) is 0 Å². The molecule has 2 aromatic rings. The van der Waals surface area contributed by atoms with Crippen molar-refractivity contribution in [3.63, 3.8) is 0 Å². The molecular weight excluding hydrogens is 220 g/mol. The summed E-state index contributed by atoms with van der Waals surface area (Å²) < 4.78 is 15.8. The Bertz CT molecular complexity index is 458. The highest BCUT2D eigenvalue weighted by Crippen LogP contribution is 2.21. The molecule has 0 unspecified atom stereocenters. The summed E-state index contributed by atoms with van der Waals surface area (Å²) in [7, 11) is 0. The molecule has 5 heteroatoms. The Labute approximate surface area is 98.9 Å². The maximum atomic E-state index is 5.30. The smallest absolute Gasteiger partial charge is 0.202 e. The van der Waals surface area contributed by atoms with Crippen LogP contribution in [-0.2, 0) is 11.3 Å². The fourth-order valence-electron chi connectivity index (χ4n) is 1.91. The molecule has 0 amide bonds. The summed E-state index contributed by atoms with van der Waals surface area (Å²) in [6.07, 6.45) is 1.62. The minimum atomic E-state index is 0.679. The first-order chi connectivity index (χ1) is 8.42. The van der Waals surface area contributed by atoms with Crippen molar-refractivity contribution in [1.29, 1.82) is 0 Å². The van der Waals surface area contributed by atoms with E-state index in [0.717, 1.165) is 38.5 Å². The molecule has 1 aliphatic rings. The molecule has 0 saturated carbocycles. The van der Waals surface area contributed by atoms with Crippen LogP contribution in [0.4, 0.5) is 0 Å². The van der Waals surface area contributed by atoms with Crippen molar-refractivity contribution in [2.24, 2.45) is 0 Å². The van der Waals surface area contributed by atoms with E-state index in [1.807, 2.05) is 18.2 Å². The molecule has 0 N–H and O–H groups in total. The molecule has 0 spiro atoms. The van der Waals surface area contributed by atoms with E-state index in [0.29, 0.717) is 11.5 Å². The first-order valence-corrected chi connectivity index (χ1v) is 5.71. The zero-order chi connectivity index (χ0) is 11.5. The lowest BCUT2D eigenvalue weighted by Gasteiger charge is -2.25. The van der Waals surface area contributed by atoms with Crippen LogP contribution < -0.4 is 0 Å². The van der Waals surface area contributed by atoms with Crippen LogP contribution in [0.25, 0.3) is 11.5 Å². The number of hydrogen-bond donors (Lipinski definition) is 0. The van der Waals surface area contributed by atoms with Crippen LogP contribution in [0.1, 0.15) is 5.69 Å². The summed E-state index contributed by atoms with van der Waals surface area (Å²) in [5.74, 6) is 1.39. The highest BCUT2D eigenvalue weighted by Gasteiger charge is 2.14. The van der Waals surface area contributed by atoms with Crippen molar-refractivity contribution < 1.29 is 13.7 Å². The minimum Gasteiger partial charge on any atom is -0.461 e. The Morgan fingerprint density at radius 3 is 2.88 bits per heavy atom. The highest BCUT2D eigenvalue weighted by molar-refractivity contribution is 5.49. The lowest BCUT2D eigenvalue weighted by molar-refractivity contribution is 0.0332. The summed E-state index contributed by atoms with van der Waals surface area (Å²) in [5.41, 5.74) is 0.929. The van der Waals surface area contributed by atoms with Gasteiger partial charge in [0.05, 0.1) is 25.2 Å². The molecule has 0 radical (unpaired) electrons. The standard InChI is InChI=1S/C12H14N2O3/c1-2-11(16-5-1)12-8-10(13-17-12)9-14-3-6-15-7-4-14/h1-2,5,8H,3-4,6-7,9H2. The number of rotatable bonds is 3. The Morgan fingerprint density at radius 1 is 1.24 bits per heavy atom. The molecule has 0 aromatic carbocycles. The number of ether oxygens (including phenoxy) is 1. The van der Waals surface area contributed by atoms with Crippen LogP contribution in [-0.4, -0.2) is 36.4 Å². The van der Waals surface area contributed by atoms with E-state index in [-0.39, 0.29) is 0 Å². The number of morpholine rings is 1. The first-order valence-electron chi connectivity index (χ1n) is 5.71. The molecule has 17 heavy (non-hydrogen) atoms. The van der Waals surface area contributed by atoms with Gasteiger partial charge in [-0.2, -0.15) is 0 Å². The molecular formula is C12H14N2O3. The van der Waals surface area contributed by atoms with Crippen LogP contribution in [0.3, 0.4) is 0 Å². The second-order valence-electron chi connectivity index (χ2n) is 4.05. The molecule has 1 aliphatic heterocycles. The quantitative estimate of drug-likeness (QED) is 0.810. The van der Waals surface area contributed by atoms with E-state index in [9.17, 15) is 0 Å². The lowest BCUT2D eigenvalue weighted by Crippen LogP contribution is -2.35. The van der Waals surface area contributed by atoms with Crippen LogP contribution >= 0.6 is 0 Å². The maximum absolute atomic E-state index is 5.30. The fourth-order valence-corrected chi connectivity index (χ4v) is 1.91. The van der Waals surface area contributed by atoms with Gasteiger partial charge in [0.15, 0.2) is 5.76 Å². The molecule has 2 aromatic heterocycles. The van der Waals surface area contributed by atoms with E-state index in [1.54, 1.807) is 6.26 Å². The third kappa shape index (κ3) is 2.40. The van der Waals surface area contributed by atoms with Crippen molar-refractivity contribution in [3.8, 4) is 11.5 Å². The largest absolute Gasteiger partial charge is 0.461 e. The zero-order valence-corrected chi connectivity index (χ0v) is 9.46. The van der Waals surface area contributed by atoms with Crippen molar-refractivity contribution in [1.82, 2.24) is 10.1 Å². The molecule has 5 nitrogen and oxygen atoms in total. The number of nitrogens with zero attached hydrogens (tertiary/aromatic N) is 2. The van der Waals surface area contributed by atoms with Crippen molar-refractivity contribution >= 4 is 0 Å². The summed E-state index contributed by atoms with van der Waals surface area (Å²) in [5, 5.41) is 4.05. The Kier molecular flexibility index (Phi) is 2.94. The Balaban J connectivity index is 1.68. The average molecular weight is 234 g/mol. The summed E-state index contributed by atoms with van der Waals surface area (Å²) in [6, 6.07) is 5.62. The molecule has 3 heterocycles. The SMILES string of the molecule is c1coc(-c2cc(CN3CCOCC3)no2)c1. The Morgan fingerprint density at radius 2 is 2.12 bits per heavy atom. The van der Waals surface area contributed by atoms with Gasteiger partial charge < -0.3 is 13.7 Å². The second-order valence-corrected chi connectivity index (χ2v) is 4.05. The van der Waals surface area contributed by atoms with Crippen LogP contribution in [0.5, 0.6) is 0 Å². The van der Waals surface area contributed by atoms with Crippen molar-refractivity contribution in [2.45, 2.75) is 6.54 Å². The summed E-state index contributed by atoms with van der Waals surface area (Å²) >= 11 is 0. The monoisotopic (exact) mass is 234 g/mol. The van der Waals surface area contributed by atoms with Gasteiger partial charge in [0.1, 0.15) is 0 Å². The number of hydrogen-bond acceptors (Lipinski definition) is 5. The van der Waals surface area contributed by atoms with Gasteiger partial charge in [0.2, 0.25) is 5.76 Å². The van der Waals surface area contributed by atoms with E-state index >= 15 is 0 Å². The normalized spacial score (nSPS) is 17.4. The van der Waals surface area contributed by atoms with Gasteiger partial charge in [-0.25, -0.2) is 0 Å². The molecule has 90 valence electrons. The predicted molar refractivity (Wildman–Crippen MR) is 60.3 cm³/mol. The second kappa shape index (κ2) is 4.73. The van der Waals surface area contributed by atoms with Gasteiger partial charge in [-0.1, -0.05) is 5.16 Å². The molecule has 0 bridgehead atoms.